The first-order valence-electron chi connectivity index (χ1n) is 9.18. The molecule has 7 heteroatoms. The van der Waals surface area contributed by atoms with Gasteiger partial charge in [0.25, 0.3) is 0 Å². The van der Waals surface area contributed by atoms with Gasteiger partial charge in [0, 0.05) is 44.0 Å². The highest BCUT2D eigenvalue weighted by atomic mass is 19.1. The number of rotatable bonds is 5. The molecular formula is C20H26FN5O. The Morgan fingerprint density at radius 3 is 2.44 bits per heavy atom. The van der Waals surface area contributed by atoms with Crippen molar-refractivity contribution in [2.24, 2.45) is 0 Å². The normalized spacial score (nSPS) is 14.7. The molecule has 1 aromatic carbocycles. The third kappa shape index (κ3) is 4.80. The number of halogens is 1. The smallest absolute Gasteiger partial charge is 0.236 e. The van der Waals surface area contributed by atoms with E-state index in [1.807, 2.05) is 30.7 Å². The summed E-state index contributed by atoms with van der Waals surface area (Å²) in [5, 5.41) is 0. The first kappa shape index (κ1) is 19.2. The predicted molar refractivity (Wildman–Crippen MR) is 103 cm³/mol. The lowest BCUT2D eigenvalue weighted by Crippen LogP contribution is -2.51. The van der Waals surface area contributed by atoms with E-state index < -0.39 is 0 Å². The van der Waals surface area contributed by atoms with Crippen LogP contribution in [0.2, 0.25) is 0 Å². The van der Waals surface area contributed by atoms with Gasteiger partial charge in [0.15, 0.2) is 0 Å². The summed E-state index contributed by atoms with van der Waals surface area (Å²) in [6, 6.07) is 6.39. The minimum atomic E-state index is -0.246. The van der Waals surface area contributed by atoms with E-state index in [0.29, 0.717) is 26.2 Å². The first-order chi connectivity index (χ1) is 12.9. The minimum absolute atomic E-state index is 0.120. The van der Waals surface area contributed by atoms with Gasteiger partial charge in [-0.05, 0) is 38.6 Å². The number of likely N-dealkylation sites (N-methyl/N-ethyl adjacent to an activating group) is 1. The van der Waals surface area contributed by atoms with Gasteiger partial charge in [0.05, 0.1) is 6.54 Å². The van der Waals surface area contributed by atoms with E-state index in [1.165, 1.54) is 12.1 Å². The van der Waals surface area contributed by atoms with Crippen molar-refractivity contribution in [3.05, 3.63) is 53.2 Å². The molecule has 0 aliphatic carbocycles. The molecule has 0 atom stereocenters. The Labute approximate surface area is 159 Å². The summed E-state index contributed by atoms with van der Waals surface area (Å²) in [5.74, 6) is 0.836. The minimum Gasteiger partial charge on any atom is -0.353 e. The van der Waals surface area contributed by atoms with Gasteiger partial charge in [0.2, 0.25) is 5.91 Å². The van der Waals surface area contributed by atoms with Gasteiger partial charge in [-0.1, -0.05) is 12.1 Å². The number of benzene rings is 1. The van der Waals surface area contributed by atoms with E-state index in [9.17, 15) is 9.18 Å². The van der Waals surface area contributed by atoms with Gasteiger partial charge in [-0.15, -0.1) is 0 Å². The summed E-state index contributed by atoms with van der Waals surface area (Å²) in [4.78, 5) is 27.3. The number of amides is 1. The predicted octanol–water partition coefficient (Wildman–Crippen LogP) is 2.01. The summed E-state index contributed by atoms with van der Waals surface area (Å²) in [6.45, 7) is 7.89. The Morgan fingerprint density at radius 2 is 1.78 bits per heavy atom. The fraction of sp³-hybridized carbons (Fsp3) is 0.450. The Bertz CT molecular complexity index is 787. The van der Waals surface area contributed by atoms with Crippen molar-refractivity contribution in [2.75, 3.05) is 44.7 Å². The topological polar surface area (TPSA) is 52.6 Å². The van der Waals surface area contributed by atoms with Gasteiger partial charge < -0.3 is 9.80 Å². The highest BCUT2D eigenvalue weighted by molar-refractivity contribution is 5.78. The molecule has 3 rings (SSSR count). The second kappa shape index (κ2) is 8.43. The maximum Gasteiger partial charge on any atom is 0.236 e. The molecule has 2 heterocycles. The molecule has 1 fully saturated rings. The molecule has 1 aliphatic rings. The first-order valence-corrected chi connectivity index (χ1v) is 9.18. The van der Waals surface area contributed by atoms with Crippen molar-refractivity contribution in [1.29, 1.82) is 0 Å². The molecular weight excluding hydrogens is 345 g/mol. The molecule has 27 heavy (non-hydrogen) atoms. The van der Waals surface area contributed by atoms with Crippen LogP contribution in [0.15, 0.2) is 30.6 Å². The lowest BCUT2D eigenvalue weighted by Gasteiger charge is -2.36. The van der Waals surface area contributed by atoms with Crippen LogP contribution in [0.1, 0.15) is 16.8 Å². The highest BCUT2D eigenvalue weighted by Crippen LogP contribution is 2.19. The zero-order valence-electron chi connectivity index (χ0n) is 16.2. The second-order valence-corrected chi connectivity index (χ2v) is 7.07. The van der Waals surface area contributed by atoms with Crippen molar-refractivity contribution < 1.29 is 9.18 Å². The zero-order valence-corrected chi connectivity index (χ0v) is 16.2. The number of carbonyl (C=O) groups excluding carboxylic acids is 1. The van der Waals surface area contributed by atoms with Crippen molar-refractivity contribution >= 4 is 11.7 Å². The standard InChI is InChI=1S/C20H26FN5O/c1-15-16(2)22-14-23-20(15)26-10-8-25(9-11-26)19(27)13-24(3)12-17-4-6-18(21)7-5-17/h4-7,14H,8-13H2,1-3H3. The number of hydrogen-bond donors (Lipinski definition) is 0. The van der Waals surface area contributed by atoms with Crippen LogP contribution < -0.4 is 4.90 Å². The van der Waals surface area contributed by atoms with Crippen molar-refractivity contribution in [3.63, 3.8) is 0 Å². The number of aromatic nitrogens is 2. The van der Waals surface area contributed by atoms with Crippen molar-refractivity contribution in [2.45, 2.75) is 20.4 Å². The van der Waals surface area contributed by atoms with E-state index in [2.05, 4.69) is 14.9 Å². The molecule has 0 N–H and O–H groups in total. The molecule has 1 amide bonds. The number of nitrogens with zero attached hydrogens (tertiary/aromatic N) is 5. The van der Waals surface area contributed by atoms with Crippen molar-refractivity contribution in [3.8, 4) is 0 Å². The molecule has 144 valence electrons. The largest absolute Gasteiger partial charge is 0.353 e. The fourth-order valence-electron chi connectivity index (χ4n) is 3.30. The molecule has 0 unspecified atom stereocenters. The third-order valence-electron chi connectivity index (χ3n) is 5.01. The van der Waals surface area contributed by atoms with Crippen molar-refractivity contribution in [1.82, 2.24) is 19.8 Å². The Morgan fingerprint density at radius 1 is 1.11 bits per heavy atom. The van der Waals surface area contributed by atoms with Gasteiger partial charge in [-0.3, -0.25) is 9.69 Å². The van der Waals surface area contributed by atoms with Crippen LogP contribution in [0, 0.1) is 19.7 Å². The summed E-state index contributed by atoms with van der Waals surface area (Å²) in [6.07, 6.45) is 1.60. The highest BCUT2D eigenvalue weighted by Gasteiger charge is 2.23. The van der Waals surface area contributed by atoms with Crippen LogP contribution >= 0.6 is 0 Å². The quantitative estimate of drug-likeness (QED) is 0.805. The summed E-state index contributed by atoms with van der Waals surface area (Å²) < 4.78 is 13.0. The molecule has 0 spiro atoms. The monoisotopic (exact) mass is 371 g/mol. The Hall–Kier alpha value is -2.54. The average molecular weight is 371 g/mol. The molecule has 0 radical (unpaired) electrons. The number of hydrogen-bond acceptors (Lipinski definition) is 5. The van der Waals surface area contributed by atoms with Gasteiger partial charge in [0.1, 0.15) is 18.0 Å². The molecule has 2 aromatic rings. The SMILES string of the molecule is Cc1ncnc(N2CCN(C(=O)CN(C)Cc3ccc(F)cc3)CC2)c1C. The van der Waals surface area contributed by atoms with E-state index in [0.717, 1.165) is 35.7 Å². The molecule has 0 bridgehead atoms. The van der Waals surface area contributed by atoms with Crippen LogP contribution in [0.25, 0.3) is 0 Å². The van der Waals surface area contributed by atoms with Gasteiger partial charge >= 0.3 is 0 Å². The summed E-state index contributed by atoms with van der Waals surface area (Å²) in [7, 11) is 1.91. The summed E-state index contributed by atoms with van der Waals surface area (Å²) >= 11 is 0. The molecule has 1 aromatic heterocycles. The lowest BCUT2D eigenvalue weighted by atomic mass is 10.2. The number of piperazine rings is 1. The van der Waals surface area contributed by atoms with Crippen LogP contribution in [-0.4, -0.2) is 65.4 Å². The maximum absolute atomic E-state index is 13.0. The second-order valence-electron chi connectivity index (χ2n) is 7.07. The van der Waals surface area contributed by atoms with E-state index in [1.54, 1.807) is 18.5 Å². The van der Waals surface area contributed by atoms with Gasteiger partial charge in [-0.25, -0.2) is 14.4 Å². The van der Waals surface area contributed by atoms with Gasteiger partial charge in [-0.2, -0.15) is 0 Å². The molecule has 1 saturated heterocycles. The number of anilines is 1. The summed E-state index contributed by atoms with van der Waals surface area (Å²) in [5.41, 5.74) is 3.07. The Kier molecular flexibility index (Phi) is 6.01. The van der Waals surface area contributed by atoms with Crippen LogP contribution in [-0.2, 0) is 11.3 Å². The van der Waals surface area contributed by atoms with E-state index in [-0.39, 0.29) is 11.7 Å². The van der Waals surface area contributed by atoms with E-state index in [4.69, 9.17) is 0 Å². The molecule has 6 nitrogen and oxygen atoms in total. The van der Waals surface area contributed by atoms with Crippen LogP contribution in [0.3, 0.4) is 0 Å². The van der Waals surface area contributed by atoms with E-state index >= 15 is 0 Å². The lowest BCUT2D eigenvalue weighted by molar-refractivity contribution is -0.132. The molecule has 0 saturated carbocycles. The third-order valence-corrected chi connectivity index (χ3v) is 5.01. The average Bonchev–Trinajstić information content (AvgIpc) is 2.66. The van der Waals surface area contributed by atoms with Crippen LogP contribution in [0.5, 0.6) is 0 Å². The maximum atomic E-state index is 13.0. The Balaban J connectivity index is 1.50. The molecule has 1 aliphatic heterocycles. The number of carbonyl (C=O) groups is 1. The fourth-order valence-corrected chi connectivity index (χ4v) is 3.30. The zero-order chi connectivity index (χ0) is 19.4. The van der Waals surface area contributed by atoms with Crippen LogP contribution in [0.4, 0.5) is 10.2 Å². The number of aryl methyl sites for hydroxylation is 1.